The van der Waals surface area contributed by atoms with Gasteiger partial charge in [0.1, 0.15) is 5.54 Å². The molecule has 1 saturated heterocycles. The number of hydrogen-bond donors (Lipinski definition) is 2. The summed E-state index contributed by atoms with van der Waals surface area (Å²) in [6.07, 6.45) is 6.10. The van der Waals surface area contributed by atoms with Crippen LogP contribution in [0.3, 0.4) is 0 Å². The van der Waals surface area contributed by atoms with E-state index in [2.05, 4.69) is 27.2 Å². The lowest BCUT2D eigenvalue weighted by Crippen LogP contribution is -2.43. The lowest BCUT2D eigenvalue weighted by molar-refractivity contribution is -0.131. The summed E-state index contributed by atoms with van der Waals surface area (Å²) in [5.74, 6) is 0.489. The lowest BCUT2D eigenvalue weighted by atomic mass is 9.94. The Morgan fingerprint density at radius 2 is 1.81 bits per heavy atom. The van der Waals surface area contributed by atoms with Crippen LogP contribution in [-0.2, 0) is 11.3 Å². The molecule has 3 N–H and O–H groups in total. The number of carbonyl (C=O) groups excluding carboxylic acids is 2. The predicted octanol–water partition coefficient (Wildman–Crippen LogP) is 1.69. The van der Waals surface area contributed by atoms with Crippen LogP contribution in [0.25, 0.3) is 0 Å². The number of anilines is 2. The molecule has 0 spiro atoms. The van der Waals surface area contributed by atoms with E-state index in [9.17, 15) is 9.59 Å². The summed E-state index contributed by atoms with van der Waals surface area (Å²) in [5, 5.41) is 2.82. The highest BCUT2D eigenvalue weighted by atomic mass is 16.2. The van der Waals surface area contributed by atoms with Gasteiger partial charge in [0.15, 0.2) is 5.82 Å². The van der Waals surface area contributed by atoms with Gasteiger partial charge in [-0.05, 0) is 13.3 Å². The molecule has 3 amide bonds. The fraction of sp³-hybridized carbons (Fsp3) is 0.706. The van der Waals surface area contributed by atoms with Crippen molar-refractivity contribution in [3.05, 3.63) is 5.82 Å². The highest BCUT2D eigenvalue weighted by molar-refractivity contribution is 6.06. The smallest absolute Gasteiger partial charge is 0.325 e. The van der Waals surface area contributed by atoms with Crippen molar-refractivity contribution in [1.82, 2.24) is 25.2 Å². The van der Waals surface area contributed by atoms with Crippen molar-refractivity contribution < 1.29 is 9.59 Å². The van der Waals surface area contributed by atoms with Gasteiger partial charge in [-0.1, -0.05) is 39.0 Å². The number of rotatable bonds is 9. The molecular weight excluding hydrogens is 334 g/mol. The van der Waals surface area contributed by atoms with Gasteiger partial charge in [-0.15, -0.1) is 0 Å². The number of hydrogen-bond acceptors (Lipinski definition) is 7. The molecule has 0 radical (unpaired) electrons. The highest BCUT2D eigenvalue weighted by Gasteiger charge is 2.47. The van der Waals surface area contributed by atoms with E-state index in [0.29, 0.717) is 12.4 Å². The fourth-order valence-electron chi connectivity index (χ4n) is 2.98. The SMILES string of the molecule is CCCCCCC[C@@]1(C)NC(=O)N(Cc2nc(N)nc(N(C)C)n2)C1=O. The number of nitrogens with zero attached hydrogens (tertiary/aromatic N) is 5. The summed E-state index contributed by atoms with van der Waals surface area (Å²) in [6, 6.07) is -0.420. The van der Waals surface area contributed by atoms with Crippen molar-refractivity contribution in [3.63, 3.8) is 0 Å². The molecule has 0 unspecified atom stereocenters. The van der Waals surface area contributed by atoms with Crippen molar-refractivity contribution in [2.24, 2.45) is 0 Å². The number of nitrogen functional groups attached to an aromatic ring is 1. The molecule has 0 saturated carbocycles. The zero-order valence-electron chi connectivity index (χ0n) is 16.1. The Kier molecular flexibility index (Phi) is 6.33. The van der Waals surface area contributed by atoms with E-state index in [1.807, 2.05) is 0 Å². The molecular formula is C17H29N7O2. The maximum atomic E-state index is 12.8. The Bertz CT molecular complexity index is 665. The van der Waals surface area contributed by atoms with Crippen LogP contribution in [-0.4, -0.2) is 51.4 Å². The van der Waals surface area contributed by atoms with Crippen LogP contribution in [0, 0.1) is 0 Å². The zero-order chi connectivity index (χ0) is 19.3. The van der Waals surface area contributed by atoms with Crippen molar-refractivity contribution in [2.75, 3.05) is 24.7 Å². The predicted molar refractivity (Wildman–Crippen MR) is 99.4 cm³/mol. The number of nitrogens with one attached hydrogen (secondary N) is 1. The molecule has 1 fully saturated rings. The quantitative estimate of drug-likeness (QED) is 0.506. The van der Waals surface area contributed by atoms with Crippen LogP contribution in [0.5, 0.6) is 0 Å². The Morgan fingerprint density at radius 3 is 2.46 bits per heavy atom. The third-order valence-electron chi connectivity index (χ3n) is 4.51. The zero-order valence-corrected chi connectivity index (χ0v) is 16.1. The first kappa shape index (κ1) is 19.9. The van der Waals surface area contributed by atoms with E-state index < -0.39 is 11.6 Å². The number of nitrogens with two attached hydrogens (primary N) is 1. The molecule has 9 nitrogen and oxygen atoms in total. The number of carbonyl (C=O) groups is 2. The van der Waals surface area contributed by atoms with Crippen LogP contribution in [0.15, 0.2) is 0 Å². The Morgan fingerprint density at radius 1 is 1.12 bits per heavy atom. The molecule has 1 aromatic rings. The monoisotopic (exact) mass is 363 g/mol. The van der Waals surface area contributed by atoms with Gasteiger partial charge in [-0.2, -0.15) is 15.0 Å². The van der Waals surface area contributed by atoms with Gasteiger partial charge in [0.25, 0.3) is 5.91 Å². The van der Waals surface area contributed by atoms with Gasteiger partial charge in [-0.25, -0.2) is 4.79 Å². The molecule has 1 aliphatic rings. The summed E-state index contributed by atoms with van der Waals surface area (Å²) in [5.41, 5.74) is 4.84. The maximum Gasteiger partial charge on any atom is 0.325 e. The second-order valence-corrected chi connectivity index (χ2v) is 7.12. The molecule has 2 heterocycles. The van der Waals surface area contributed by atoms with Crippen molar-refractivity contribution in [1.29, 1.82) is 0 Å². The van der Waals surface area contributed by atoms with E-state index in [1.54, 1.807) is 25.9 Å². The Labute approximate surface area is 154 Å². The summed E-state index contributed by atoms with van der Waals surface area (Å²) < 4.78 is 0. The van der Waals surface area contributed by atoms with Crippen molar-refractivity contribution >= 4 is 23.8 Å². The largest absolute Gasteiger partial charge is 0.368 e. The minimum atomic E-state index is -0.869. The number of aromatic nitrogens is 3. The topological polar surface area (TPSA) is 117 Å². The van der Waals surface area contributed by atoms with Gasteiger partial charge in [0, 0.05) is 14.1 Å². The van der Waals surface area contributed by atoms with Crippen LogP contribution >= 0.6 is 0 Å². The van der Waals surface area contributed by atoms with Crippen LogP contribution in [0.4, 0.5) is 16.7 Å². The van der Waals surface area contributed by atoms with Gasteiger partial charge >= 0.3 is 6.03 Å². The normalized spacial score (nSPS) is 19.8. The van der Waals surface area contributed by atoms with E-state index in [-0.39, 0.29) is 24.2 Å². The molecule has 1 atom stereocenters. The van der Waals surface area contributed by atoms with E-state index in [4.69, 9.17) is 5.73 Å². The molecule has 0 bridgehead atoms. The molecule has 1 aromatic heterocycles. The van der Waals surface area contributed by atoms with Gasteiger partial charge in [0.2, 0.25) is 11.9 Å². The Balaban J connectivity index is 2.04. The highest BCUT2D eigenvalue weighted by Crippen LogP contribution is 2.25. The van der Waals surface area contributed by atoms with Gasteiger partial charge in [-0.3, -0.25) is 9.69 Å². The lowest BCUT2D eigenvalue weighted by Gasteiger charge is -2.21. The Hall–Kier alpha value is -2.45. The molecule has 144 valence electrons. The van der Waals surface area contributed by atoms with E-state index in [0.717, 1.165) is 24.2 Å². The average Bonchev–Trinajstić information content (AvgIpc) is 2.78. The summed E-state index contributed by atoms with van der Waals surface area (Å²) in [7, 11) is 3.56. The minimum Gasteiger partial charge on any atom is -0.368 e. The minimum absolute atomic E-state index is 0.0242. The molecule has 1 aliphatic heterocycles. The second-order valence-electron chi connectivity index (χ2n) is 7.12. The number of urea groups is 1. The fourth-order valence-corrected chi connectivity index (χ4v) is 2.98. The first-order chi connectivity index (χ1) is 12.3. The molecule has 0 aromatic carbocycles. The van der Waals surface area contributed by atoms with Crippen LogP contribution in [0.2, 0.25) is 0 Å². The molecule has 2 rings (SSSR count). The van der Waals surface area contributed by atoms with E-state index in [1.165, 1.54) is 12.8 Å². The third-order valence-corrected chi connectivity index (χ3v) is 4.51. The number of unbranched alkanes of at least 4 members (excludes halogenated alkanes) is 4. The van der Waals surface area contributed by atoms with E-state index >= 15 is 0 Å². The summed E-state index contributed by atoms with van der Waals surface area (Å²) >= 11 is 0. The van der Waals surface area contributed by atoms with Crippen LogP contribution in [0.1, 0.15) is 58.2 Å². The summed E-state index contributed by atoms with van der Waals surface area (Å²) in [6.45, 7) is 3.92. The molecule has 0 aliphatic carbocycles. The number of imide groups is 1. The molecule has 26 heavy (non-hydrogen) atoms. The first-order valence-corrected chi connectivity index (χ1v) is 9.08. The second kappa shape index (κ2) is 8.29. The maximum absolute atomic E-state index is 12.8. The molecule has 9 heteroatoms. The van der Waals surface area contributed by atoms with Crippen molar-refractivity contribution in [2.45, 2.75) is 64.5 Å². The standard InChI is InChI=1S/C17H29N7O2/c1-5-6-7-8-9-10-17(2)13(25)24(16(26)22-17)11-12-19-14(18)21-15(20-12)23(3)4/h5-11H2,1-4H3,(H,22,26)(H2,18,19,20,21)/t17-/m1/s1. The van der Waals surface area contributed by atoms with Gasteiger partial charge in [0.05, 0.1) is 6.54 Å². The third kappa shape index (κ3) is 4.59. The van der Waals surface area contributed by atoms with Gasteiger partial charge < -0.3 is 16.0 Å². The van der Waals surface area contributed by atoms with Crippen LogP contribution < -0.4 is 16.0 Å². The first-order valence-electron chi connectivity index (χ1n) is 9.08. The average molecular weight is 363 g/mol. The number of amides is 3. The van der Waals surface area contributed by atoms with Crippen molar-refractivity contribution in [3.8, 4) is 0 Å². The summed E-state index contributed by atoms with van der Waals surface area (Å²) in [4.78, 5) is 40.3.